The number of nitrogens with zero attached hydrogens (tertiary/aromatic N) is 3. The van der Waals surface area contributed by atoms with E-state index in [0.29, 0.717) is 5.52 Å². The van der Waals surface area contributed by atoms with Crippen LogP contribution in [0.2, 0.25) is 0 Å². The lowest BCUT2D eigenvalue weighted by molar-refractivity contribution is 0.155. The van der Waals surface area contributed by atoms with Gasteiger partial charge < -0.3 is 9.67 Å². The zero-order chi connectivity index (χ0) is 19.0. The van der Waals surface area contributed by atoms with Crippen LogP contribution in [0.1, 0.15) is 22.8 Å². The van der Waals surface area contributed by atoms with Gasteiger partial charge >= 0.3 is 0 Å². The summed E-state index contributed by atoms with van der Waals surface area (Å²) in [7, 11) is 0. The molecule has 0 saturated heterocycles. The predicted molar refractivity (Wildman–Crippen MR) is 106 cm³/mol. The molecule has 0 fully saturated rings. The average molecular weight is 359 g/mol. The zero-order valence-electron chi connectivity index (χ0n) is 15.3. The van der Waals surface area contributed by atoms with Gasteiger partial charge in [-0.3, -0.25) is 4.79 Å². The normalized spacial score (nSPS) is 12.4. The number of aromatic nitrogens is 3. The van der Waals surface area contributed by atoms with E-state index in [0.717, 1.165) is 22.4 Å². The Morgan fingerprint density at radius 1 is 1.04 bits per heavy atom. The summed E-state index contributed by atoms with van der Waals surface area (Å²) in [5, 5.41) is 15.0. The molecule has 0 spiro atoms. The Balaban J connectivity index is 1.71. The molecule has 136 valence electrons. The molecule has 1 N–H and O–H groups in total. The molecule has 1 atom stereocenters. The van der Waals surface area contributed by atoms with Gasteiger partial charge in [0, 0.05) is 18.0 Å². The van der Waals surface area contributed by atoms with E-state index in [9.17, 15) is 9.90 Å². The number of aliphatic hydroxyl groups excluding tert-OH is 1. The van der Waals surface area contributed by atoms with Gasteiger partial charge in [0.15, 0.2) is 0 Å². The number of aliphatic hydroxyl groups is 1. The first-order valence-electron chi connectivity index (χ1n) is 8.92. The van der Waals surface area contributed by atoms with E-state index >= 15 is 0 Å². The fraction of sp³-hybridized carbons (Fsp3) is 0.182. The molecule has 0 unspecified atom stereocenters. The van der Waals surface area contributed by atoms with Crippen molar-refractivity contribution < 1.29 is 5.11 Å². The Hall–Kier alpha value is -3.18. The molecule has 0 bridgehead atoms. The molecular formula is C22H21N3O2. The smallest absolute Gasteiger partial charge is 0.276 e. The van der Waals surface area contributed by atoms with E-state index in [1.807, 2.05) is 55.5 Å². The van der Waals surface area contributed by atoms with E-state index < -0.39 is 6.10 Å². The monoisotopic (exact) mass is 359 g/mol. The van der Waals surface area contributed by atoms with Crippen LogP contribution in [0.25, 0.3) is 16.8 Å². The maximum Gasteiger partial charge on any atom is 0.276 e. The van der Waals surface area contributed by atoms with Crippen LogP contribution < -0.4 is 5.56 Å². The van der Waals surface area contributed by atoms with Crippen LogP contribution in [0, 0.1) is 13.8 Å². The maximum absolute atomic E-state index is 12.9. The quantitative estimate of drug-likeness (QED) is 0.607. The second kappa shape index (κ2) is 6.85. The third-order valence-electron chi connectivity index (χ3n) is 4.82. The Morgan fingerprint density at radius 3 is 2.56 bits per heavy atom. The van der Waals surface area contributed by atoms with Crippen LogP contribution in [-0.4, -0.2) is 19.3 Å². The number of aryl methyl sites for hydroxylation is 2. The van der Waals surface area contributed by atoms with Crippen molar-refractivity contribution in [2.45, 2.75) is 26.5 Å². The highest BCUT2D eigenvalue weighted by molar-refractivity contribution is 5.68. The third kappa shape index (κ3) is 3.29. The minimum absolute atomic E-state index is 0.170. The summed E-state index contributed by atoms with van der Waals surface area (Å²) in [5.74, 6) is 0. The van der Waals surface area contributed by atoms with Gasteiger partial charge in [0.25, 0.3) is 5.56 Å². The summed E-state index contributed by atoms with van der Waals surface area (Å²) >= 11 is 0. The van der Waals surface area contributed by atoms with Crippen molar-refractivity contribution in [3.63, 3.8) is 0 Å². The first kappa shape index (κ1) is 17.2. The Labute approximate surface area is 157 Å². The van der Waals surface area contributed by atoms with Crippen molar-refractivity contribution in [1.29, 1.82) is 0 Å². The van der Waals surface area contributed by atoms with Gasteiger partial charge in [-0.05, 0) is 31.0 Å². The first-order chi connectivity index (χ1) is 13.0. The average Bonchev–Trinajstić information content (AvgIpc) is 3.09. The van der Waals surface area contributed by atoms with Crippen LogP contribution in [0.4, 0.5) is 0 Å². The van der Waals surface area contributed by atoms with Crippen LogP contribution >= 0.6 is 0 Å². The van der Waals surface area contributed by atoms with E-state index in [1.165, 1.54) is 10.1 Å². The van der Waals surface area contributed by atoms with Crippen LogP contribution in [0.5, 0.6) is 0 Å². The number of hydrogen-bond acceptors (Lipinski definition) is 3. The van der Waals surface area contributed by atoms with Crippen molar-refractivity contribution >= 4 is 5.52 Å². The summed E-state index contributed by atoms with van der Waals surface area (Å²) in [6.07, 6.45) is 2.68. The molecule has 0 saturated carbocycles. The largest absolute Gasteiger partial charge is 0.387 e. The summed E-state index contributed by atoms with van der Waals surface area (Å²) in [6, 6.07) is 17.3. The van der Waals surface area contributed by atoms with Gasteiger partial charge in [-0.25, -0.2) is 4.52 Å². The molecule has 0 radical (unpaired) electrons. The Bertz CT molecular complexity index is 1160. The molecule has 27 heavy (non-hydrogen) atoms. The van der Waals surface area contributed by atoms with Crippen molar-refractivity contribution in [3.05, 3.63) is 94.0 Å². The van der Waals surface area contributed by atoms with Crippen LogP contribution in [0.3, 0.4) is 0 Å². The molecule has 0 amide bonds. The molecule has 2 aromatic carbocycles. The number of hydrogen-bond donors (Lipinski definition) is 1. The first-order valence-corrected chi connectivity index (χ1v) is 8.92. The minimum atomic E-state index is -0.743. The summed E-state index contributed by atoms with van der Waals surface area (Å²) in [5.41, 5.74) is 5.21. The van der Waals surface area contributed by atoms with Crippen LogP contribution in [0.15, 0.2) is 71.8 Å². The maximum atomic E-state index is 12.9. The highest BCUT2D eigenvalue weighted by Gasteiger charge is 2.13. The van der Waals surface area contributed by atoms with E-state index in [1.54, 1.807) is 16.9 Å². The van der Waals surface area contributed by atoms with Gasteiger partial charge in [0.1, 0.15) is 5.52 Å². The summed E-state index contributed by atoms with van der Waals surface area (Å²) in [6.45, 7) is 4.29. The summed E-state index contributed by atoms with van der Waals surface area (Å²) < 4.78 is 3.13. The second-order valence-corrected chi connectivity index (χ2v) is 6.86. The van der Waals surface area contributed by atoms with Crippen molar-refractivity contribution in [1.82, 2.24) is 14.2 Å². The van der Waals surface area contributed by atoms with Gasteiger partial charge in [-0.1, -0.05) is 54.1 Å². The van der Waals surface area contributed by atoms with Gasteiger partial charge in [0.2, 0.25) is 0 Å². The second-order valence-electron chi connectivity index (χ2n) is 6.86. The van der Waals surface area contributed by atoms with Crippen LogP contribution in [-0.2, 0) is 6.54 Å². The highest BCUT2D eigenvalue weighted by atomic mass is 16.3. The third-order valence-corrected chi connectivity index (χ3v) is 4.82. The predicted octanol–water partition coefficient (Wildman–Crippen LogP) is 3.51. The molecule has 2 aromatic heterocycles. The SMILES string of the molecule is Cc1ccc(-c2cc3c(=O)n(C[C@@H](O)c4ccccc4)ccn3n2)c(C)c1. The van der Waals surface area contributed by atoms with Crippen molar-refractivity contribution in [2.24, 2.45) is 0 Å². The lowest BCUT2D eigenvalue weighted by Crippen LogP contribution is -2.24. The summed E-state index contributed by atoms with van der Waals surface area (Å²) in [4.78, 5) is 12.9. The standard InChI is InChI=1S/C22H21N3O2/c1-15-8-9-18(16(2)12-15)19-13-20-22(27)24(10-11-25(20)23-19)14-21(26)17-6-4-3-5-7-17/h3-13,21,26H,14H2,1-2H3/t21-/m1/s1. The molecule has 5 nitrogen and oxygen atoms in total. The molecule has 0 aliphatic rings. The highest BCUT2D eigenvalue weighted by Crippen LogP contribution is 2.23. The van der Waals surface area contributed by atoms with Gasteiger partial charge in [-0.2, -0.15) is 5.10 Å². The van der Waals surface area contributed by atoms with Gasteiger partial charge in [0.05, 0.1) is 18.3 Å². The van der Waals surface area contributed by atoms with Crippen molar-refractivity contribution in [2.75, 3.05) is 0 Å². The molecule has 0 aliphatic carbocycles. The molecule has 5 heteroatoms. The molecule has 0 aliphatic heterocycles. The van der Waals surface area contributed by atoms with E-state index in [2.05, 4.69) is 18.1 Å². The fourth-order valence-electron chi connectivity index (χ4n) is 3.37. The molecule has 4 aromatic rings. The lowest BCUT2D eigenvalue weighted by Gasteiger charge is -2.13. The van der Waals surface area contributed by atoms with E-state index in [4.69, 9.17) is 0 Å². The Morgan fingerprint density at radius 2 is 1.81 bits per heavy atom. The van der Waals surface area contributed by atoms with E-state index in [-0.39, 0.29) is 12.1 Å². The molecule has 2 heterocycles. The fourth-order valence-corrected chi connectivity index (χ4v) is 3.37. The zero-order valence-corrected chi connectivity index (χ0v) is 15.3. The van der Waals surface area contributed by atoms with Crippen molar-refractivity contribution in [3.8, 4) is 11.3 Å². The topological polar surface area (TPSA) is 59.5 Å². The Kier molecular flexibility index (Phi) is 4.38. The lowest BCUT2D eigenvalue weighted by atomic mass is 10.0. The molecule has 4 rings (SSSR count). The molecular weight excluding hydrogens is 338 g/mol. The number of fused-ring (bicyclic) bond motifs is 1. The van der Waals surface area contributed by atoms with Gasteiger partial charge in [-0.15, -0.1) is 0 Å². The number of benzene rings is 2. The minimum Gasteiger partial charge on any atom is -0.387 e. The number of rotatable bonds is 4.